The molecule has 2 fully saturated rings. The zero-order valence-corrected chi connectivity index (χ0v) is 9.88. The zero-order chi connectivity index (χ0) is 11.8. The van der Waals surface area contributed by atoms with Crippen molar-refractivity contribution in [2.45, 2.75) is 25.8 Å². The molecule has 2 rings (SSSR count). The van der Waals surface area contributed by atoms with Gasteiger partial charge < -0.3 is 15.5 Å². The summed E-state index contributed by atoms with van der Waals surface area (Å²) >= 11 is 0. The van der Waals surface area contributed by atoms with Gasteiger partial charge in [0, 0.05) is 45.9 Å². The molecule has 16 heavy (non-hydrogen) atoms. The van der Waals surface area contributed by atoms with Crippen LogP contribution in [-0.4, -0.2) is 48.4 Å². The highest BCUT2D eigenvalue weighted by Crippen LogP contribution is 2.31. The van der Waals surface area contributed by atoms with Gasteiger partial charge in [-0.2, -0.15) is 0 Å². The zero-order valence-electron chi connectivity index (χ0n) is 9.88. The highest BCUT2D eigenvalue weighted by molar-refractivity contribution is 5.75. The minimum absolute atomic E-state index is 0.0185. The molecule has 2 amide bonds. The van der Waals surface area contributed by atoms with Gasteiger partial charge in [0.1, 0.15) is 0 Å². The predicted molar refractivity (Wildman–Crippen MR) is 59.8 cm³/mol. The number of carbonyl (C=O) groups is 2. The van der Waals surface area contributed by atoms with Gasteiger partial charge in [-0.15, -0.1) is 0 Å². The number of hydrogen-bond acceptors (Lipinski definition) is 3. The van der Waals surface area contributed by atoms with Gasteiger partial charge in [0.2, 0.25) is 11.8 Å². The maximum absolute atomic E-state index is 11.3. The molecule has 2 N–H and O–H groups in total. The lowest BCUT2D eigenvalue weighted by molar-refractivity contribution is -0.132. The van der Waals surface area contributed by atoms with Gasteiger partial charge in [0.15, 0.2) is 0 Å². The SMILES string of the molecule is CC(=O)NC12CCN(C(C)=O)CC1CNC2. The van der Waals surface area contributed by atoms with Crippen molar-refractivity contribution < 1.29 is 9.59 Å². The fourth-order valence-electron chi connectivity index (χ4n) is 2.88. The summed E-state index contributed by atoms with van der Waals surface area (Å²) < 4.78 is 0. The van der Waals surface area contributed by atoms with Crippen molar-refractivity contribution in [2.24, 2.45) is 5.92 Å². The average molecular weight is 225 g/mol. The van der Waals surface area contributed by atoms with E-state index in [4.69, 9.17) is 0 Å². The molecule has 0 aromatic carbocycles. The Kier molecular flexibility index (Phi) is 2.88. The molecule has 0 bridgehead atoms. The normalized spacial score (nSPS) is 33.4. The first kappa shape index (κ1) is 11.4. The first-order valence-corrected chi connectivity index (χ1v) is 5.78. The average Bonchev–Trinajstić information content (AvgIpc) is 2.58. The monoisotopic (exact) mass is 225 g/mol. The van der Waals surface area contributed by atoms with E-state index in [2.05, 4.69) is 10.6 Å². The van der Waals surface area contributed by atoms with Crippen LogP contribution in [0, 0.1) is 5.92 Å². The third-order valence-corrected chi connectivity index (χ3v) is 3.75. The Balaban J connectivity index is 2.10. The third kappa shape index (κ3) is 1.91. The van der Waals surface area contributed by atoms with Crippen LogP contribution in [0.4, 0.5) is 0 Å². The maximum Gasteiger partial charge on any atom is 0.219 e. The number of rotatable bonds is 1. The van der Waals surface area contributed by atoms with Crippen LogP contribution in [-0.2, 0) is 9.59 Å². The number of amides is 2. The lowest BCUT2D eigenvalue weighted by Gasteiger charge is -2.43. The van der Waals surface area contributed by atoms with Crippen molar-refractivity contribution in [3.05, 3.63) is 0 Å². The van der Waals surface area contributed by atoms with E-state index in [1.165, 1.54) is 0 Å². The quantitative estimate of drug-likeness (QED) is 0.622. The molecule has 2 saturated heterocycles. The van der Waals surface area contributed by atoms with E-state index in [1.807, 2.05) is 4.90 Å². The Bertz CT molecular complexity index is 318. The van der Waals surface area contributed by atoms with E-state index in [0.717, 1.165) is 32.6 Å². The van der Waals surface area contributed by atoms with Crippen molar-refractivity contribution in [2.75, 3.05) is 26.2 Å². The Morgan fingerprint density at radius 3 is 2.81 bits per heavy atom. The molecule has 0 saturated carbocycles. The lowest BCUT2D eigenvalue weighted by atomic mass is 9.80. The summed E-state index contributed by atoms with van der Waals surface area (Å²) in [6.07, 6.45) is 0.851. The summed E-state index contributed by atoms with van der Waals surface area (Å²) in [6.45, 7) is 6.36. The smallest absolute Gasteiger partial charge is 0.219 e. The van der Waals surface area contributed by atoms with Crippen LogP contribution in [0.2, 0.25) is 0 Å². The van der Waals surface area contributed by atoms with Crippen molar-refractivity contribution in [3.63, 3.8) is 0 Å². The Morgan fingerprint density at radius 2 is 2.19 bits per heavy atom. The van der Waals surface area contributed by atoms with Gasteiger partial charge in [0.05, 0.1) is 5.54 Å². The molecule has 2 aliphatic heterocycles. The number of carbonyl (C=O) groups excluding carboxylic acids is 2. The van der Waals surface area contributed by atoms with Gasteiger partial charge in [0.25, 0.3) is 0 Å². The molecule has 90 valence electrons. The number of hydrogen-bond donors (Lipinski definition) is 2. The summed E-state index contributed by atoms with van der Waals surface area (Å²) in [4.78, 5) is 24.5. The van der Waals surface area contributed by atoms with Crippen molar-refractivity contribution >= 4 is 11.8 Å². The van der Waals surface area contributed by atoms with Crippen LogP contribution < -0.4 is 10.6 Å². The molecule has 0 aromatic heterocycles. The Morgan fingerprint density at radius 1 is 1.44 bits per heavy atom. The molecule has 2 atom stereocenters. The summed E-state index contributed by atoms with van der Waals surface area (Å²) in [6, 6.07) is 0. The molecule has 0 spiro atoms. The van der Waals surface area contributed by atoms with Gasteiger partial charge in [-0.3, -0.25) is 9.59 Å². The second-order valence-corrected chi connectivity index (χ2v) is 4.88. The molecular formula is C11H19N3O2. The van der Waals surface area contributed by atoms with Crippen LogP contribution in [0.25, 0.3) is 0 Å². The molecule has 5 nitrogen and oxygen atoms in total. The summed E-state index contributed by atoms with van der Waals surface area (Å²) in [7, 11) is 0. The number of likely N-dealkylation sites (tertiary alicyclic amines) is 1. The standard InChI is InChI=1S/C11H19N3O2/c1-8(15)13-11-3-4-14(9(2)16)6-10(11)5-12-7-11/h10,12H,3-7H2,1-2H3,(H,13,15). The van der Waals surface area contributed by atoms with E-state index < -0.39 is 0 Å². The second-order valence-electron chi connectivity index (χ2n) is 4.88. The van der Waals surface area contributed by atoms with Crippen molar-refractivity contribution in [1.29, 1.82) is 0 Å². The first-order chi connectivity index (χ1) is 7.53. The molecule has 2 heterocycles. The van der Waals surface area contributed by atoms with Gasteiger partial charge in [-0.1, -0.05) is 0 Å². The van der Waals surface area contributed by atoms with Gasteiger partial charge in [-0.05, 0) is 6.42 Å². The Labute approximate surface area is 95.6 Å². The number of nitrogens with one attached hydrogen (secondary N) is 2. The van der Waals surface area contributed by atoms with Gasteiger partial charge >= 0.3 is 0 Å². The topological polar surface area (TPSA) is 61.4 Å². The third-order valence-electron chi connectivity index (χ3n) is 3.75. The minimum Gasteiger partial charge on any atom is -0.349 e. The molecule has 2 aliphatic rings. The van der Waals surface area contributed by atoms with Crippen LogP contribution in [0.1, 0.15) is 20.3 Å². The summed E-state index contributed by atoms with van der Waals surface area (Å²) in [5.41, 5.74) is -0.127. The maximum atomic E-state index is 11.3. The van der Waals surface area contributed by atoms with E-state index in [0.29, 0.717) is 5.92 Å². The van der Waals surface area contributed by atoms with E-state index in [-0.39, 0.29) is 17.4 Å². The molecular weight excluding hydrogens is 206 g/mol. The molecule has 2 unspecified atom stereocenters. The largest absolute Gasteiger partial charge is 0.349 e. The van der Waals surface area contributed by atoms with E-state index in [9.17, 15) is 9.59 Å². The van der Waals surface area contributed by atoms with Gasteiger partial charge in [-0.25, -0.2) is 0 Å². The molecule has 0 aliphatic carbocycles. The van der Waals surface area contributed by atoms with E-state index >= 15 is 0 Å². The number of fused-ring (bicyclic) bond motifs is 1. The van der Waals surface area contributed by atoms with Crippen LogP contribution in [0.5, 0.6) is 0 Å². The summed E-state index contributed by atoms with van der Waals surface area (Å²) in [5.74, 6) is 0.488. The first-order valence-electron chi connectivity index (χ1n) is 5.78. The lowest BCUT2D eigenvalue weighted by Crippen LogP contribution is -2.61. The molecule has 5 heteroatoms. The Hall–Kier alpha value is -1.10. The van der Waals surface area contributed by atoms with Crippen LogP contribution >= 0.6 is 0 Å². The fraction of sp³-hybridized carbons (Fsp3) is 0.818. The number of piperidine rings is 1. The highest BCUT2D eigenvalue weighted by Gasteiger charge is 2.47. The summed E-state index contributed by atoms with van der Waals surface area (Å²) in [5, 5.41) is 6.39. The highest BCUT2D eigenvalue weighted by atomic mass is 16.2. The fourth-order valence-corrected chi connectivity index (χ4v) is 2.88. The number of nitrogens with zero attached hydrogens (tertiary/aromatic N) is 1. The van der Waals surface area contributed by atoms with Crippen molar-refractivity contribution in [1.82, 2.24) is 15.5 Å². The molecule has 0 radical (unpaired) electrons. The van der Waals surface area contributed by atoms with Crippen molar-refractivity contribution in [3.8, 4) is 0 Å². The van der Waals surface area contributed by atoms with Crippen LogP contribution in [0.15, 0.2) is 0 Å². The predicted octanol–water partition coefficient (Wildman–Crippen LogP) is -0.667. The second kappa shape index (κ2) is 4.05. The molecule has 0 aromatic rings. The van der Waals surface area contributed by atoms with E-state index in [1.54, 1.807) is 13.8 Å². The minimum atomic E-state index is -0.127. The van der Waals surface area contributed by atoms with Crippen LogP contribution in [0.3, 0.4) is 0 Å².